The van der Waals surface area contributed by atoms with Crippen molar-refractivity contribution in [3.8, 4) is 0 Å². The van der Waals surface area contributed by atoms with Gasteiger partial charge in [-0.15, -0.1) is 0 Å². The Morgan fingerprint density at radius 2 is 1.20 bits per heavy atom. The summed E-state index contributed by atoms with van der Waals surface area (Å²) < 4.78 is 31.1. The van der Waals surface area contributed by atoms with Crippen LogP contribution in [0.15, 0.2) is 0 Å². The van der Waals surface area contributed by atoms with Crippen LogP contribution < -0.4 is 0 Å². The summed E-state index contributed by atoms with van der Waals surface area (Å²) in [5.74, 6) is 0. The Kier molecular flexibility index (Phi) is 0.843. The Hall–Kier alpha value is -0.210. The van der Waals surface area contributed by atoms with Crippen LogP contribution in [0.4, 0.5) is 13.2 Å². The van der Waals surface area contributed by atoms with E-state index in [4.69, 9.17) is 0 Å². The van der Waals surface area contributed by atoms with Gasteiger partial charge in [-0.2, -0.15) is 13.2 Å². The molecule has 0 spiro atoms. The maximum atomic E-state index is 10.4. The Bertz CT molecular complexity index is 20.4. The van der Waals surface area contributed by atoms with Crippen molar-refractivity contribution >= 4 is 0 Å². The molecule has 0 N–H and O–H groups in total. The highest BCUT2D eigenvalue weighted by molar-refractivity contribution is 4.26. The second-order valence-corrected chi connectivity index (χ2v) is 0.781. The zero-order valence-corrected chi connectivity index (χ0v) is 2.63. The van der Waals surface area contributed by atoms with Crippen molar-refractivity contribution in [3.05, 3.63) is 0 Å². The Morgan fingerprint density at radius 1 is 1.20 bits per heavy atom. The van der Waals surface area contributed by atoms with Crippen molar-refractivity contribution in [2.45, 2.75) is 13.1 Å². The van der Waals surface area contributed by atoms with Crippen LogP contribution in [0.5, 0.6) is 0 Å². The van der Waals surface area contributed by atoms with E-state index < -0.39 is 6.18 Å². The van der Waals surface area contributed by atoms with Crippen molar-refractivity contribution < 1.29 is 13.2 Å². The van der Waals surface area contributed by atoms with Crippen molar-refractivity contribution in [1.29, 1.82) is 0 Å². The largest absolute Gasteiger partial charge is 0.386 e. The van der Waals surface area contributed by atoms with E-state index in [1.165, 1.54) is 0 Å². The lowest BCUT2D eigenvalue weighted by atomic mass is 10.8. The average Bonchev–Trinajstić information content (AvgIpc) is 0.722. The molecule has 0 aromatic heterocycles. The summed E-state index contributed by atoms with van der Waals surface area (Å²) in [5.41, 5.74) is 0. The summed E-state index contributed by atoms with van der Waals surface area (Å²) in [7, 11) is 0. The third-order valence-electron chi connectivity index (χ3n) is 0. The molecule has 0 aliphatic heterocycles. The highest BCUT2D eigenvalue weighted by Gasteiger charge is 2.15. The zero-order chi connectivity index (χ0) is 4.50. The summed E-state index contributed by atoms with van der Waals surface area (Å²) in [6, 6.07) is 0. The van der Waals surface area contributed by atoms with Crippen LogP contribution in [-0.2, 0) is 0 Å². The molecule has 5 heavy (non-hydrogen) atoms. The first kappa shape index (κ1) is 4.79. The van der Waals surface area contributed by atoms with Gasteiger partial charge in [-0.3, -0.25) is 0 Å². The van der Waals surface area contributed by atoms with Gasteiger partial charge in [-0.25, -0.2) is 0 Å². The predicted octanol–water partition coefficient (Wildman–Crippen LogP) is 1.57. The van der Waals surface area contributed by atoms with Gasteiger partial charge in [-0.1, -0.05) is 0 Å². The SMILES string of the molecule is CC(F)(F)F. The minimum atomic E-state index is -4.00. The molecule has 0 bridgehead atoms. The Balaban J connectivity index is 3.02. The molecule has 0 aromatic carbocycles. The molecule has 0 fully saturated rings. The van der Waals surface area contributed by atoms with Crippen molar-refractivity contribution in [2.75, 3.05) is 0 Å². The minimum absolute atomic E-state index is 0.188. The Labute approximate surface area is 27.6 Å². The third-order valence-corrected chi connectivity index (χ3v) is 0. The van der Waals surface area contributed by atoms with Crippen molar-refractivity contribution in [3.63, 3.8) is 0 Å². The van der Waals surface area contributed by atoms with E-state index in [1.807, 2.05) is 0 Å². The van der Waals surface area contributed by atoms with Gasteiger partial charge in [0.25, 0.3) is 0 Å². The van der Waals surface area contributed by atoms with E-state index in [9.17, 15) is 13.2 Å². The quantitative estimate of drug-likeness (QED) is 0.418. The lowest BCUT2D eigenvalue weighted by Gasteiger charge is -1.88. The van der Waals surface area contributed by atoms with E-state index in [0.717, 1.165) is 0 Å². The van der Waals surface area contributed by atoms with E-state index in [0.29, 0.717) is 0 Å². The van der Waals surface area contributed by atoms with Crippen LogP contribution in [0.2, 0.25) is 0 Å². The molecule has 32 valence electrons. The summed E-state index contributed by atoms with van der Waals surface area (Å²) in [5, 5.41) is 0. The fraction of sp³-hybridized carbons (Fsp3) is 1.00. The first-order valence-electron chi connectivity index (χ1n) is 1.07. The smallest absolute Gasteiger partial charge is 0.172 e. The van der Waals surface area contributed by atoms with E-state index in [1.54, 1.807) is 0 Å². The molecule has 0 heterocycles. The number of alkyl halides is 3. The van der Waals surface area contributed by atoms with Crippen LogP contribution in [0.25, 0.3) is 0 Å². The van der Waals surface area contributed by atoms with Gasteiger partial charge in [0.2, 0.25) is 0 Å². The molecular formula is C2H3F3. The maximum absolute atomic E-state index is 10.4. The molecule has 0 aliphatic carbocycles. The Morgan fingerprint density at radius 3 is 1.20 bits per heavy atom. The second-order valence-electron chi connectivity index (χ2n) is 0.781. The normalized spacial score (nSPS) is 12.0. The fourth-order valence-corrected chi connectivity index (χ4v) is 0. The van der Waals surface area contributed by atoms with Gasteiger partial charge >= 0.3 is 6.18 Å². The van der Waals surface area contributed by atoms with Gasteiger partial charge in [0.05, 0.1) is 0 Å². The first-order chi connectivity index (χ1) is 2.00. The molecule has 0 rings (SSSR count). The standard InChI is InChI=1S/C2H3F3/c1-2(3,4)5/h1H3. The molecule has 3 heteroatoms. The van der Waals surface area contributed by atoms with E-state index >= 15 is 0 Å². The molecule has 0 aromatic rings. The summed E-state index contributed by atoms with van der Waals surface area (Å²) in [4.78, 5) is 0. The molecule has 0 unspecified atom stereocenters. The van der Waals surface area contributed by atoms with Gasteiger partial charge in [0, 0.05) is 6.92 Å². The summed E-state index contributed by atoms with van der Waals surface area (Å²) >= 11 is 0. The molecule has 0 aliphatic rings. The van der Waals surface area contributed by atoms with Crippen LogP contribution in [0, 0.1) is 0 Å². The lowest BCUT2D eigenvalue weighted by molar-refractivity contribution is -0.110. The van der Waals surface area contributed by atoms with Crippen LogP contribution in [-0.4, -0.2) is 6.18 Å². The van der Waals surface area contributed by atoms with E-state index in [2.05, 4.69) is 0 Å². The van der Waals surface area contributed by atoms with Gasteiger partial charge in [-0.05, 0) is 0 Å². The average molecular weight is 84.0 g/mol. The molecule has 0 atom stereocenters. The molecule has 0 saturated heterocycles. The fourth-order valence-electron chi connectivity index (χ4n) is 0. The maximum Gasteiger partial charge on any atom is 0.386 e. The topological polar surface area (TPSA) is 0 Å². The lowest BCUT2D eigenvalue weighted by Crippen LogP contribution is -1.95. The van der Waals surface area contributed by atoms with Crippen LogP contribution in [0.1, 0.15) is 6.92 Å². The van der Waals surface area contributed by atoms with Crippen molar-refractivity contribution in [1.82, 2.24) is 0 Å². The van der Waals surface area contributed by atoms with Gasteiger partial charge < -0.3 is 0 Å². The number of hydrogen-bond acceptors (Lipinski definition) is 0. The number of halogens is 3. The van der Waals surface area contributed by atoms with Gasteiger partial charge in [0.15, 0.2) is 0 Å². The van der Waals surface area contributed by atoms with Crippen molar-refractivity contribution in [2.24, 2.45) is 0 Å². The molecule has 0 radical (unpaired) electrons. The summed E-state index contributed by atoms with van der Waals surface area (Å²) in [6.07, 6.45) is -4.00. The van der Waals surface area contributed by atoms with E-state index in [-0.39, 0.29) is 6.92 Å². The van der Waals surface area contributed by atoms with Crippen LogP contribution in [0.3, 0.4) is 0 Å². The number of rotatable bonds is 0. The van der Waals surface area contributed by atoms with Gasteiger partial charge in [0.1, 0.15) is 0 Å². The first-order valence-corrected chi connectivity index (χ1v) is 1.07. The second kappa shape index (κ2) is 0.880. The third kappa shape index (κ3) is 275. The molecule has 0 saturated carbocycles. The highest BCUT2D eigenvalue weighted by atomic mass is 19.4. The minimum Gasteiger partial charge on any atom is -0.172 e. The number of hydrogen-bond donors (Lipinski definition) is 0. The molecule has 0 nitrogen and oxygen atoms in total. The predicted molar refractivity (Wildman–Crippen MR) is 11.7 cm³/mol. The molecular weight excluding hydrogens is 81.0 g/mol. The molecule has 0 amide bonds. The van der Waals surface area contributed by atoms with Crippen LogP contribution >= 0.6 is 0 Å². The zero-order valence-electron chi connectivity index (χ0n) is 2.63. The summed E-state index contributed by atoms with van der Waals surface area (Å²) in [6.45, 7) is 0.188. The monoisotopic (exact) mass is 84.0 g/mol. The highest BCUT2D eigenvalue weighted by Crippen LogP contribution is 2.10.